The van der Waals surface area contributed by atoms with Crippen LogP contribution in [0.25, 0.3) is 0 Å². The van der Waals surface area contributed by atoms with Gasteiger partial charge in [-0.05, 0) is 31.0 Å². The van der Waals surface area contributed by atoms with E-state index in [9.17, 15) is 14.3 Å². The molecule has 1 aliphatic rings. The summed E-state index contributed by atoms with van der Waals surface area (Å²) in [5.74, 6) is -0.829. The number of ether oxygens (including phenoxy) is 1. The Morgan fingerprint density at radius 1 is 1.38 bits per heavy atom. The molecule has 21 heavy (non-hydrogen) atoms. The number of rotatable bonds is 4. The van der Waals surface area contributed by atoms with E-state index in [0.717, 1.165) is 25.7 Å². The number of halogens is 2. The maximum atomic E-state index is 13.5. The van der Waals surface area contributed by atoms with Gasteiger partial charge in [0, 0.05) is 4.47 Å². The number of aliphatic hydroxyl groups is 1. The number of nitrogens with one attached hydrogen (secondary N) is 1. The highest BCUT2D eigenvalue weighted by Gasteiger charge is 2.23. The molecule has 0 bridgehead atoms. The van der Waals surface area contributed by atoms with Crippen LogP contribution < -0.4 is 10.1 Å². The topological polar surface area (TPSA) is 58.6 Å². The van der Waals surface area contributed by atoms with E-state index in [1.807, 2.05) is 0 Å². The van der Waals surface area contributed by atoms with Crippen LogP contribution in [0, 0.1) is 5.82 Å². The van der Waals surface area contributed by atoms with Gasteiger partial charge in [-0.2, -0.15) is 0 Å². The fourth-order valence-electron chi connectivity index (χ4n) is 2.44. The number of hydrogen-bond acceptors (Lipinski definition) is 3. The van der Waals surface area contributed by atoms with Crippen LogP contribution in [-0.4, -0.2) is 29.8 Å². The highest BCUT2D eigenvalue weighted by Crippen LogP contribution is 2.21. The van der Waals surface area contributed by atoms with Gasteiger partial charge in [0.25, 0.3) is 5.91 Å². The summed E-state index contributed by atoms with van der Waals surface area (Å²) >= 11 is 3.15. The van der Waals surface area contributed by atoms with Crippen molar-refractivity contribution in [2.24, 2.45) is 0 Å². The molecule has 4 nitrogen and oxygen atoms in total. The molecule has 116 valence electrons. The first-order valence-electron chi connectivity index (χ1n) is 7.11. The molecule has 2 unspecified atom stereocenters. The molecular weight excluding hydrogens is 341 g/mol. The van der Waals surface area contributed by atoms with E-state index < -0.39 is 11.9 Å². The molecule has 0 spiro atoms. The van der Waals surface area contributed by atoms with Crippen molar-refractivity contribution in [3.05, 3.63) is 28.5 Å². The molecule has 2 N–H and O–H groups in total. The van der Waals surface area contributed by atoms with Crippen molar-refractivity contribution in [3.8, 4) is 5.75 Å². The van der Waals surface area contributed by atoms with Crippen LogP contribution >= 0.6 is 15.9 Å². The van der Waals surface area contributed by atoms with Crippen molar-refractivity contribution in [2.75, 3.05) is 6.61 Å². The molecule has 0 heterocycles. The van der Waals surface area contributed by atoms with Gasteiger partial charge in [-0.3, -0.25) is 4.79 Å². The van der Waals surface area contributed by atoms with Gasteiger partial charge in [0.1, 0.15) is 0 Å². The first-order valence-corrected chi connectivity index (χ1v) is 7.91. The molecular formula is C15H19BrFNO3. The second kappa shape index (κ2) is 7.75. The summed E-state index contributed by atoms with van der Waals surface area (Å²) in [6.45, 7) is -0.262. The first-order chi connectivity index (χ1) is 10.1. The minimum absolute atomic E-state index is 0.0368. The molecule has 6 heteroatoms. The third kappa shape index (κ3) is 4.97. The lowest BCUT2D eigenvalue weighted by Gasteiger charge is -2.21. The lowest BCUT2D eigenvalue weighted by molar-refractivity contribution is -0.124. The summed E-state index contributed by atoms with van der Waals surface area (Å²) in [6.07, 6.45) is 4.00. The Bertz CT molecular complexity index is 498. The number of amides is 1. The van der Waals surface area contributed by atoms with Crippen molar-refractivity contribution in [2.45, 2.75) is 44.2 Å². The number of carbonyl (C=O) groups is 1. The van der Waals surface area contributed by atoms with E-state index >= 15 is 0 Å². The van der Waals surface area contributed by atoms with Gasteiger partial charge in [0.2, 0.25) is 0 Å². The van der Waals surface area contributed by atoms with Crippen LogP contribution in [0.3, 0.4) is 0 Å². The Labute approximate surface area is 131 Å². The fourth-order valence-corrected chi connectivity index (χ4v) is 2.77. The number of benzene rings is 1. The van der Waals surface area contributed by atoms with Gasteiger partial charge >= 0.3 is 0 Å². The normalized spacial score (nSPS) is 22.4. The molecule has 1 aromatic rings. The highest BCUT2D eigenvalue weighted by atomic mass is 79.9. The molecule has 1 saturated carbocycles. The fraction of sp³-hybridized carbons (Fsp3) is 0.533. The highest BCUT2D eigenvalue weighted by molar-refractivity contribution is 9.10. The molecule has 2 rings (SSSR count). The van der Waals surface area contributed by atoms with Crippen molar-refractivity contribution in [1.82, 2.24) is 5.32 Å². The van der Waals surface area contributed by atoms with Crippen LogP contribution in [0.5, 0.6) is 5.75 Å². The van der Waals surface area contributed by atoms with E-state index in [4.69, 9.17) is 4.74 Å². The molecule has 0 aliphatic heterocycles. The Kier molecular flexibility index (Phi) is 5.99. The van der Waals surface area contributed by atoms with Crippen LogP contribution in [0.2, 0.25) is 0 Å². The number of carbonyl (C=O) groups excluding carboxylic acids is 1. The first kappa shape index (κ1) is 16.2. The third-order valence-electron chi connectivity index (χ3n) is 3.58. The minimum atomic E-state index is -0.522. The summed E-state index contributed by atoms with van der Waals surface area (Å²) in [7, 11) is 0. The Morgan fingerprint density at radius 2 is 2.14 bits per heavy atom. The monoisotopic (exact) mass is 359 g/mol. The molecule has 0 saturated heterocycles. The van der Waals surface area contributed by atoms with Gasteiger partial charge in [-0.1, -0.05) is 35.2 Å². The quantitative estimate of drug-likeness (QED) is 0.812. The minimum Gasteiger partial charge on any atom is -0.481 e. The number of hydrogen-bond donors (Lipinski definition) is 2. The lowest BCUT2D eigenvalue weighted by atomic mass is 10.1. The van der Waals surface area contributed by atoms with E-state index in [0.29, 0.717) is 10.9 Å². The van der Waals surface area contributed by atoms with Crippen molar-refractivity contribution in [1.29, 1.82) is 0 Å². The smallest absolute Gasteiger partial charge is 0.258 e. The zero-order valence-corrected chi connectivity index (χ0v) is 13.2. The summed E-state index contributed by atoms with van der Waals surface area (Å²) in [4.78, 5) is 11.8. The van der Waals surface area contributed by atoms with E-state index in [1.165, 1.54) is 12.1 Å². The standard InChI is InChI=1S/C15H19BrFNO3/c16-10-6-7-14(11(17)8-10)21-9-15(20)18-12-4-2-1-3-5-13(12)19/h6-8,12-13,19H,1-5,9H2,(H,18,20). The van der Waals surface area contributed by atoms with Crippen LogP contribution in [0.1, 0.15) is 32.1 Å². The molecule has 1 aromatic carbocycles. The second-order valence-electron chi connectivity index (χ2n) is 5.24. The average Bonchev–Trinajstić information content (AvgIpc) is 2.63. The predicted octanol–water partition coefficient (Wildman–Crippen LogP) is 2.78. The molecule has 0 radical (unpaired) electrons. The number of aliphatic hydroxyl groups excluding tert-OH is 1. The van der Waals surface area contributed by atoms with Crippen LogP contribution in [0.4, 0.5) is 4.39 Å². The van der Waals surface area contributed by atoms with E-state index in [-0.39, 0.29) is 24.3 Å². The average molecular weight is 360 g/mol. The van der Waals surface area contributed by atoms with Gasteiger partial charge < -0.3 is 15.2 Å². The molecule has 1 amide bonds. The van der Waals surface area contributed by atoms with Crippen molar-refractivity contribution in [3.63, 3.8) is 0 Å². The maximum absolute atomic E-state index is 13.5. The molecule has 2 atom stereocenters. The van der Waals surface area contributed by atoms with Gasteiger partial charge in [0.15, 0.2) is 18.2 Å². The second-order valence-corrected chi connectivity index (χ2v) is 6.16. The van der Waals surface area contributed by atoms with Crippen molar-refractivity contribution < 1.29 is 19.0 Å². The Balaban J connectivity index is 1.84. The van der Waals surface area contributed by atoms with Crippen molar-refractivity contribution >= 4 is 21.8 Å². The predicted molar refractivity (Wildman–Crippen MR) is 80.6 cm³/mol. The SMILES string of the molecule is O=C(COc1ccc(Br)cc1F)NC1CCCCCC1O. The zero-order valence-electron chi connectivity index (χ0n) is 11.6. The zero-order chi connectivity index (χ0) is 15.2. The van der Waals surface area contributed by atoms with Crippen LogP contribution in [-0.2, 0) is 4.79 Å². The molecule has 0 aromatic heterocycles. The summed E-state index contributed by atoms with van der Waals surface area (Å²) in [5.41, 5.74) is 0. The van der Waals surface area contributed by atoms with Crippen LogP contribution in [0.15, 0.2) is 22.7 Å². The third-order valence-corrected chi connectivity index (χ3v) is 4.07. The van der Waals surface area contributed by atoms with E-state index in [1.54, 1.807) is 6.07 Å². The molecule has 1 fully saturated rings. The summed E-state index contributed by atoms with van der Waals surface area (Å²) < 4.78 is 19.3. The van der Waals surface area contributed by atoms with Gasteiger partial charge in [0.05, 0.1) is 12.1 Å². The summed E-state index contributed by atoms with van der Waals surface area (Å²) in [6, 6.07) is 4.15. The molecule has 1 aliphatic carbocycles. The lowest BCUT2D eigenvalue weighted by Crippen LogP contribution is -2.44. The summed E-state index contributed by atoms with van der Waals surface area (Å²) in [5, 5.41) is 12.7. The Morgan fingerprint density at radius 3 is 2.90 bits per heavy atom. The van der Waals surface area contributed by atoms with Gasteiger partial charge in [-0.15, -0.1) is 0 Å². The van der Waals surface area contributed by atoms with Gasteiger partial charge in [-0.25, -0.2) is 4.39 Å². The van der Waals surface area contributed by atoms with E-state index in [2.05, 4.69) is 21.2 Å². The largest absolute Gasteiger partial charge is 0.481 e. The maximum Gasteiger partial charge on any atom is 0.258 e. The Hall–Kier alpha value is -1.14.